The van der Waals surface area contributed by atoms with Crippen LogP contribution in [0, 0.1) is 6.92 Å². The first-order valence-corrected chi connectivity index (χ1v) is 6.91. The van der Waals surface area contributed by atoms with Crippen molar-refractivity contribution in [3.63, 3.8) is 0 Å². The van der Waals surface area contributed by atoms with E-state index in [4.69, 9.17) is 5.73 Å². The van der Waals surface area contributed by atoms with Crippen molar-refractivity contribution in [1.29, 1.82) is 0 Å². The van der Waals surface area contributed by atoms with Crippen LogP contribution in [0.5, 0.6) is 0 Å². The molecule has 0 fully saturated rings. The van der Waals surface area contributed by atoms with Crippen molar-refractivity contribution in [2.45, 2.75) is 19.5 Å². The number of hydrogen-bond donors (Lipinski definition) is 1. The summed E-state index contributed by atoms with van der Waals surface area (Å²) >= 11 is 0. The highest BCUT2D eigenvalue weighted by Gasteiger charge is 2.27. The number of aryl methyl sites for hydroxylation is 1. The fraction of sp³-hybridized carbons (Fsp3) is 0.235. The summed E-state index contributed by atoms with van der Waals surface area (Å²) in [6.45, 7) is 3.65. The van der Waals surface area contributed by atoms with Crippen molar-refractivity contribution in [2.24, 2.45) is 10.7 Å². The molecule has 1 aliphatic heterocycles. The van der Waals surface area contributed by atoms with Gasteiger partial charge in [-0.25, -0.2) is 0 Å². The molecule has 1 aliphatic rings. The zero-order chi connectivity index (χ0) is 13.9. The summed E-state index contributed by atoms with van der Waals surface area (Å²) in [5.74, 6) is 0.639. The van der Waals surface area contributed by atoms with Crippen LogP contribution in [0.2, 0.25) is 0 Å². The molecule has 0 radical (unpaired) electrons. The Bertz CT molecular complexity index is 619. The molecule has 3 nitrogen and oxygen atoms in total. The first-order valence-electron chi connectivity index (χ1n) is 6.91. The number of nitrogens with two attached hydrogens (primary N) is 1. The van der Waals surface area contributed by atoms with Crippen LogP contribution in [0.25, 0.3) is 0 Å². The van der Waals surface area contributed by atoms with Crippen molar-refractivity contribution < 1.29 is 0 Å². The van der Waals surface area contributed by atoms with Crippen LogP contribution in [-0.2, 0) is 6.54 Å². The van der Waals surface area contributed by atoms with Gasteiger partial charge in [-0.1, -0.05) is 60.2 Å². The molecule has 2 N–H and O–H groups in total. The number of aliphatic imine (C=N–C) groups is 1. The summed E-state index contributed by atoms with van der Waals surface area (Å²) in [7, 11) is 0. The molecule has 20 heavy (non-hydrogen) atoms. The highest BCUT2D eigenvalue weighted by molar-refractivity contribution is 5.80. The SMILES string of the molecule is Cc1cccc(C2CN=C(N)N2Cc2ccccc2)c1. The van der Waals surface area contributed by atoms with Gasteiger partial charge < -0.3 is 10.6 Å². The minimum Gasteiger partial charge on any atom is -0.370 e. The summed E-state index contributed by atoms with van der Waals surface area (Å²) in [5.41, 5.74) is 9.88. The van der Waals surface area contributed by atoms with E-state index in [1.54, 1.807) is 0 Å². The smallest absolute Gasteiger partial charge is 0.192 e. The van der Waals surface area contributed by atoms with Crippen molar-refractivity contribution >= 4 is 5.96 Å². The number of nitrogens with zero attached hydrogens (tertiary/aromatic N) is 2. The van der Waals surface area contributed by atoms with Crippen LogP contribution in [0.4, 0.5) is 0 Å². The van der Waals surface area contributed by atoms with E-state index in [2.05, 4.69) is 65.3 Å². The van der Waals surface area contributed by atoms with Gasteiger partial charge in [0, 0.05) is 6.54 Å². The summed E-state index contributed by atoms with van der Waals surface area (Å²) in [6.07, 6.45) is 0. The lowest BCUT2D eigenvalue weighted by atomic mass is 10.0. The maximum Gasteiger partial charge on any atom is 0.192 e. The third kappa shape index (κ3) is 2.52. The summed E-state index contributed by atoms with van der Waals surface area (Å²) in [5, 5.41) is 0. The Morgan fingerprint density at radius 3 is 2.70 bits per heavy atom. The van der Waals surface area contributed by atoms with Crippen LogP contribution >= 0.6 is 0 Å². The molecule has 0 amide bonds. The van der Waals surface area contributed by atoms with E-state index < -0.39 is 0 Å². The van der Waals surface area contributed by atoms with Gasteiger partial charge >= 0.3 is 0 Å². The second-order valence-corrected chi connectivity index (χ2v) is 5.24. The fourth-order valence-electron chi connectivity index (χ4n) is 2.66. The molecule has 1 heterocycles. The van der Waals surface area contributed by atoms with Crippen LogP contribution in [-0.4, -0.2) is 17.4 Å². The molecular weight excluding hydrogens is 246 g/mol. The zero-order valence-electron chi connectivity index (χ0n) is 11.7. The Labute approximate surface area is 119 Å². The predicted octanol–water partition coefficient (Wildman–Crippen LogP) is 2.87. The average molecular weight is 265 g/mol. The molecule has 0 aliphatic carbocycles. The average Bonchev–Trinajstić information content (AvgIpc) is 2.82. The monoisotopic (exact) mass is 265 g/mol. The van der Waals surface area contributed by atoms with Gasteiger partial charge in [-0.15, -0.1) is 0 Å². The highest BCUT2D eigenvalue weighted by atomic mass is 15.3. The number of benzene rings is 2. The molecule has 3 heteroatoms. The first kappa shape index (κ1) is 12.7. The van der Waals surface area contributed by atoms with Gasteiger partial charge in [-0.05, 0) is 18.1 Å². The van der Waals surface area contributed by atoms with Gasteiger partial charge in [0.2, 0.25) is 0 Å². The van der Waals surface area contributed by atoms with E-state index in [-0.39, 0.29) is 6.04 Å². The number of rotatable bonds is 3. The maximum atomic E-state index is 6.07. The molecule has 102 valence electrons. The Morgan fingerprint density at radius 2 is 1.95 bits per heavy atom. The van der Waals surface area contributed by atoms with Crippen LogP contribution in [0.1, 0.15) is 22.7 Å². The van der Waals surface area contributed by atoms with Gasteiger partial charge in [0.25, 0.3) is 0 Å². The van der Waals surface area contributed by atoms with Crippen LogP contribution < -0.4 is 5.73 Å². The highest BCUT2D eigenvalue weighted by Crippen LogP contribution is 2.27. The van der Waals surface area contributed by atoms with Crippen molar-refractivity contribution in [1.82, 2.24) is 4.90 Å². The van der Waals surface area contributed by atoms with Gasteiger partial charge in [0.1, 0.15) is 0 Å². The lowest BCUT2D eigenvalue weighted by molar-refractivity contribution is 0.340. The van der Waals surface area contributed by atoms with E-state index in [0.717, 1.165) is 13.1 Å². The van der Waals surface area contributed by atoms with Crippen molar-refractivity contribution in [2.75, 3.05) is 6.54 Å². The maximum absolute atomic E-state index is 6.07. The number of hydrogen-bond acceptors (Lipinski definition) is 3. The van der Waals surface area contributed by atoms with E-state index in [1.807, 2.05) is 6.07 Å². The van der Waals surface area contributed by atoms with Crippen LogP contribution in [0.3, 0.4) is 0 Å². The lowest BCUT2D eigenvalue weighted by Gasteiger charge is -2.27. The van der Waals surface area contributed by atoms with Crippen molar-refractivity contribution in [3.05, 3.63) is 71.3 Å². The summed E-state index contributed by atoms with van der Waals surface area (Å²) in [6, 6.07) is 19.2. The zero-order valence-corrected chi connectivity index (χ0v) is 11.7. The van der Waals surface area contributed by atoms with E-state index in [9.17, 15) is 0 Å². The fourth-order valence-corrected chi connectivity index (χ4v) is 2.66. The predicted molar refractivity (Wildman–Crippen MR) is 82.4 cm³/mol. The molecule has 0 saturated heterocycles. The van der Waals surface area contributed by atoms with Gasteiger partial charge in [-0.2, -0.15) is 0 Å². The quantitative estimate of drug-likeness (QED) is 0.927. The molecule has 0 saturated carbocycles. The van der Waals surface area contributed by atoms with E-state index in [1.165, 1.54) is 16.7 Å². The number of guanidine groups is 1. The standard InChI is InChI=1S/C17H19N3/c1-13-6-5-9-15(10-13)16-11-19-17(18)20(16)12-14-7-3-2-4-8-14/h2-10,16H,11-12H2,1H3,(H2,18,19). The molecule has 0 aromatic heterocycles. The first-order chi connectivity index (χ1) is 9.74. The minimum absolute atomic E-state index is 0.245. The minimum atomic E-state index is 0.245. The molecule has 0 spiro atoms. The molecular formula is C17H19N3. The molecule has 2 aromatic carbocycles. The molecule has 1 unspecified atom stereocenters. The van der Waals surface area contributed by atoms with Gasteiger partial charge in [0.05, 0.1) is 12.6 Å². The Balaban J connectivity index is 1.85. The molecule has 0 bridgehead atoms. The van der Waals surface area contributed by atoms with E-state index >= 15 is 0 Å². The molecule has 1 atom stereocenters. The van der Waals surface area contributed by atoms with Crippen molar-refractivity contribution in [3.8, 4) is 0 Å². The van der Waals surface area contributed by atoms with E-state index in [0.29, 0.717) is 5.96 Å². The summed E-state index contributed by atoms with van der Waals surface area (Å²) in [4.78, 5) is 6.61. The normalized spacial score (nSPS) is 18.1. The topological polar surface area (TPSA) is 41.6 Å². The molecule has 2 aromatic rings. The van der Waals surface area contributed by atoms with Gasteiger partial charge in [0.15, 0.2) is 5.96 Å². The third-order valence-corrected chi connectivity index (χ3v) is 3.72. The largest absolute Gasteiger partial charge is 0.370 e. The molecule has 3 rings (SSSR count). The summed E-state index contributed by atoms with van der Waals surface area (Å²) < 4.78 is 0. The lowest BCUT2D eigenvalue weighted by Crippen LogP contribution is -2.35. The Hall–Kier alpha value is -2.29. The van der Waals surface area contributed by atoms with Crippen LogP contribution in [0.15, 0.2) is 59.6 Å². The Morgan fingerprint density at radius 1 is 1.15 bits per heavy atom. The Kier molecular flexibility index (Phi) is 3.42. The third-order valence-electron chi connectivity index (χ3n) is 3.72. The second kappa shape index (κ2) is 5.37. The second-order valence-electron chi connectivity index (χ2n) is 5.24. The van der Waals surface area contributed by atoms with Gasteiger partial charge in [-0.3, -0.25) is 4.99 Å².